The smallest absolute Gasteiger partial charge is 0.339 e. The summed E-state index contributed by atoms with van der Waals surface area (Å²) in [6.07, 6.45) is 0.194. The lowest BCUT2D eigenvalue weighted by Gasteiger charge is -2.26. The number of thiophene rings is 1. The van der Waals surface area contributed by atoms with E-state index >= 15 is 0 Å². The summed E-state index contributed by atoms with van der Waals surface area (Å²) >= 11 is 1.49. The van der Waals surface area contributed by atoms with Gasteiger partial charge < -0.3 is 13.8 Å². The Morgan fingerprint density at radius 3 is 2.33 bits per heavy atom. The molecule has 0 amide bonds. The highest BCUT2D eigenvalue weighted by Crippen LogP contribution is 2.64. The van der Waals surface area contributed by atoms with Crippen molar-refractivity contribution in [2.75, 3.05) is 20.3 Å². The average molecular weight is 454 g/mol. The fourth-order valence-corrected chi connectivity index (χ4v) is 7.33. The van der Waals surface area contributed by atoms with Gasteiger partial charge in [0.15, 0.2) is 11.6 Å². The zero-order valence-electron chi connectivity index (χ0n) is 17.4. The monoisotopic (exact) mass is 454 g/mol. The second-order valence-electron chi connectivity index (χ2n) is 6.80. The minimum absolute atomic E-state index is 0.194. The highest BCUT2D eigenvalue weighted by atomic mass is 32.1. The van der Waals surface area contributed by atoms with Crippen molar-refractivity contribution < 1.29 is 27.1 Å². The van der Waals surface area contributed by atoms with Crippen molar-refractivity contribution in [1.29, 1.82) is 0 Å². The van der Waals surface area contributed by atoms with Gasteiger partial charge in [-0.1, -0.05) is 6.07 Å². The van der Waals surface area contributed by atoms with Gasteiger partial charge in [0.2, 0.25) is 0 Å². The van der Waals surface area contributed by atoms with E-state index < -0.39 is 24.9 Å². The summed E-state index contributed by atoms with van der Waals surface area (Å²) in [5.41, 5.74) is 0.837. The van der Waals surface area contributed by atoms with E-state index in [2.05, 4.69) is 0 Å². The molecule has 1 unspecified atom stereocenters. The maximum absolute atomic E-state index is 13.8. The second-order valence-corrected chi connectivity index (χ2v) is 10.1. The van der Waals surface area contributed by atoms with Crippen molar-refractivity contribution >= 4 is 29.0 Å². The topological polar surface area (TPSA) is 44.8 Å². The average Bonchev–Trinajstić information content (AvgIpc) is 3.04. The third kappa shape index (κ3) is 4.59. The molecule has 30 heavy (non-hydrogen) atoms. The quantitative estimate of drug-likeness (QED) is 0.325. The van der Waals surface area contributed by atoms with Gasteiger partial charge >= 0.3 is 7.60 Å². The maximum Gasteiger partial charge on any atom is 0.339 e. The van der Waals surface area contributed by atoms with Crippen LogP contribution in [-0.4, -0.2) is 20.3 Å². The Morgan fingerprint density at radius 1 is 1.03 bits per heavy atom. The van der Waals surface area contributed by atoms with Gasteiger partial charge in [-0.25, -0.2) is 8.78 Å². The highest BCUT2D eigenvalue weighted by Gasteiger charge is 2.39. The fourth-order valence-electron chi connectivity index (χ4n) is 3.48. The van der Waals surface area contributed by atoms with Gasteiger partial charge in [-0.3, -0.25) is 4.57 Å². The number of ether oxygens (including phenoxy) is 1. The molecule has 0 aliphatic heterocycles. The van der Waals surface area contributed by atoms with Crippen molar-refractivity contribution in [2.24, 2.45) is 0 Å². The molecule has 1 atom stereocenters. The number of rotatable bonds is 9. The molecule has 4 nitrogen and oxygen atoms in total. The van der Waals surface area contributed by atoms with E-state index in [4.69, 9.17) is 13.8 Å². The number of halogens is 2. The maximum atomic E-state index is 13.8. The minimum atomic E-state index is -3.58. The number of aryl methyl sites for hydroxylation is 1. The van der Waals surface area contributed by atoms with Crippen molar-refractivity contribution in [2.45, 2.75) is 32.9 Å². The lowest BCUT2D eigenvalue weighted by Crippen LogP contribution is -2.10. The molecule has 0 saturated carbocycles. The van der Waals surface area contributed by atoms with E-state index in [-0.39, 0.29) is 19.6 Å². The van der Waals surface area contributed by atoms with E-state index in [9.17, 15) is 13.3 Å². The van der Waals surface area contributed by atoms with Gasteiger partial charge in [-0.2, -0.15) is 0 Å². The molecule has 1 aromatic heterocycles. The first kappa shape index (κ1) is 22.9. The lowest BCUT2D eigenvalue weighted by molar-refractivity contribution is 0.212. The standard InChI is InChI=1S/C22H25F2O4PS/c1-5-27-29(25,28-6-2)20(12-15-7-10-18(23)19(24)11-15)22-14(3)17-9-8-16(26-4)13-21(17)30-22/h7-11,13,20H,5-6,12H2,1-4H3. The Labute approximate surface area is 179 Å². The highest BCUT2D eigenvalue weighted by molar-refractivity contribution is 7.54. The largest absolute Gasteiger partial charge is 0.497 e. The minimum Gasteiger partial charge on any atom is -0.497 e. The lowest BCUT2D eigenvalue weighted by atomic mass is 10.0. The van der Waals surface area contributed by atoms with Crippen LogP contribution in [0.15, 0.2) is 36.4 Å². The van der Waals surface area contributed by atoms with Gasteiger partial charge in [-0.15, -0.1) is 11.3 Å². The number of fused-ring (bicyclic) bond motifs is 1. The van der Waals surface area contributed by atoms with Crippen LogP contribution in [-0.2, 0) is 20.0 Å². The van der Waals surface area contributed by atoms with Crippen LogP contribution in [0.2, 0.25) is 0 Å². The summed E-state index contributed by atoms with van der Waals surface area (Å²) in [5, 5.41) is 1.02. The molecule has 2 aromatic carbocycles. The number of hydrogen-bond acceptors (Lipinski definition) is 5. The molecular weight excluding hydrogens is 429 g/mol. The normalized spacial score (nSPS) is 13.0. The van der Waals surface area contributed by atoms with Crippen molar-refractivity contribution in [3.05, 3.63) is 64.0 Å². The zero-order valence-corrected chi connectivity index (χ0v) is 19.1. The molecule has 0 radical (unpaired) electrons. The molecule has 3 aromatic rings. The van der Waals surface area contributed by atoms with Gasteiger partial charge in [0.25, 0.3) is 0 Å². The molecule has 0 aliphatic carbocycles. The molecule has 1 heterocycles. The Morgan fingerprint density at radius 2 is 1.73 bits per heavy atom. The van der Waals surface area contributed by atoms with Crippen LogP contribution in [0.25, 0.3) is 10.1 Å². The molecule has 162 valence electrons. The molecule has 3 rings (SSSR count). The summed E-state index contributed by atoms with van der Waals surface area (Å²) in [5.74, 6) is -1.13. The van der Waals surface area contributed by atoms with E-state index in [1.54, 1.807) is 21.0 Å². The Hall–Kier alpha value is -1.79. The van der Waals surface area contributed by atoms with E-state index in [1.165, 1.54) is 17.4 Å². The van der Waals surface area contributed by atoms with Crippen LogP contribution in [0.1, 0.15) is 35.5 Å². The molecule has 0 spiro atoms. The first-order valence-corrected chi connectivity index (χ1v) is 12.2. The van der Waals surface area contributed by atoms with Gasteiger partial charge in [-0.05, 0) is 74.0 Å². The van der Waals surface area contributed by atoms with E-state index in [1.807, 2.05) is 25.1 Å². The Balaban J connectivity index is 2.15. The first-order valence-electron chi connectivity index (χ1n) is 9.72. The van der Waals surface area contributed by atoms with Gasteiger partial charge in [0.05, 0.1) is 26.0 Å². The Kier molecular flexibility index (Phi) is 7.30. The van der Waals surface area contributed by atoms with Crippen molar-refractivity contribution in [3.8, 4) is 5.75 Å². The Bertz CT molecular complexity index is 1070. The summed E-state index contributed by atoms with van der Waals surface area (Å²) in [6.45, 7) is 5.89. The second kappa shape index (κ2) is 9.56. The molecule has 0 bridgehead atoms. The fraction of sp³-hybridized carbons (Fsp3) is 0.364. The number of hydrogen-bond donors (Lipinski definition) is 0. The van der Waals surface area contributed by atoms with Gasteiger partial charge in [0.1, 0.15) is 5.75 Å². The summed E-state index contributed by atoms with van der Waals surface area (Å²) in [4.78, 5) is 0.841. The van der Waals surface area contributed by atoms with Crippen molar-refractivity contribution in [3.63, 3.8) is 0 Å². The predicted molar refractivity (Wildman–Crippen MR) is 117 cm³/mol. The SMILES string of the molecule is CCOP(=O)(OCC)C(Cc1ccc(F)c(F)c1)c1sc2cc(OC)ccc2c1C. The van der Waals surface area contributed by atoms with Crippen molar-refractivity contribution in [1.82, 2.24) is 0 Å². The van der Waals surface area contributed by atoms with Crippen LogP contribution in [0, 0.1) is 18.6 Å². The third-order valence-electron chi connectivity index (χ3n) is 4.90. The molecule has 0 saturated heterocycles. The van der Waals surface area contributed by atoms with Crippen LogP contribution in [0.5, 0.6) is 5.75 Å². The molecule has 0 N–H and O–H groups in total. The summed E-state index contributed by atoms with van der Waals surface area (Å²) < 4.78 is 58.7. The molecular formula is C22H25F2O4PS. The van der Waals surface area contributed by atoms with E-state index in [0.717, 1.165) is 38.4 Å². The molecule has 0 aliphatic rings. The van der Waals surface area contributed by atoms with Crippen LogP contribution in [0.4, 0.5) is 8.78 Å². The van der Waals surface area contributed by atoms with Gasteiger partial charge in [0, 0.05) is 9.58 Å². The first-order chi connectivity index (χ1) is 14.3. The van der Waals surface area contributed by atoms with Crippen LogP contribution in [0.3, 0.4) is 0 Å². The molecule has 8 heteroatoms. The molecule has 0 fully saturated rings. The summed E-state index contributed by atoms with van der Waals surface area (Å²) in [7, 11) is -1.98. The van der Waals surface area contributed by atoms with E-state index in [0.29, 0.717) is 5.56 Å². The zero-order chi connectivity index (χ0) is 21.9. The predicted octanol–water partition coefficient (Wildman–Crippen LogP) is 7.05. The van der Waals surface area contributed by atoms with Crippen LogP contribution >= 0.6 is 18.9 Å². The number of benzene rings is 2. The third-order valence-corrected chi connectivity index (χ3v) is 8.88. The summed E-state index contributed by atoms with van der Waals surface area (Å²) in [6, 6.07) is 9.48. The number of methoxy groups -OCH3 is 1. The van der Waals surface area contributed by atoms with Crippen LogP contribution < -0.4 is 4.74 Å².